The van der Waals surface area contributed by atoms with Gasteiger partial charge in [0.15, 0.2) is 6.17 Å². The van der Waals surface area contributed by atoms with Gasteiger partial charge in [-0.05, 0) is 12.2 Å². The molecule has 2 aliphatic heterocycles. The quantitative estimate of drug-likeness (QED) is 0.437. The van der Waals surface area contributed by atoms with Gasteiger partial charge in [-0.3, -0.25) is 5.01 Å². The van der Waals surface area contributed by atoms with E-state index >= 15 is 0 Å². The number of nitrogens with one attached hydrogen (secondary N) is 2. The van der Waals surface area contributed by atoms with Crippen LogP contribution in [0.3, 0.4) is 0 Å². The van der Waals surface area contributed by atoms with E-state index in [-0.39, 0.29) is 6.17 Å². The highest BCUT2D eigenvalue weighted by Crippen LogP contribution is 2.16. The monoisotopic (exact) mass is 154 g/mol. The van der Waals surface area contributed by atoms with Crippen LogP contribution in [0.15, 0.2) is 24.1 Å². The molecule has 5 nitrogen and oxygen atoms in total. The highest BCUT2D eigenvalue weighted by Gasteiger charge is 2.31. The number of nitrogens with zero attached hydrogens (tertiary/aromatic N) is 2. The number of fused-ring (bicyclic) bond motifs is 1. The van der Waals surface area contributed by atoms with Crippen LogP contribution in [0.25, 0.3) is 0 Å². The third-order valence-corrected chi connectivity index (χ3v) is 1.76. The molecule has 0 saturated carbocycles. The van der Waals surface area contributed by atoms with Crippen LogP contribution in [0.4, 0.5) is 0 Å². The summed E-state index contributed by atoms with van der Waals surface area (Å²) in [7, 11) is 1.85. The van der Waals surface area contributed by atoms with Crippen molar-refractivity contribution in [2.75, 3.05) is 7.05 Å². The molecule has 1 unspecified atom stereocenters. The zero-order valence-corrected chi connectivity index (χ0v) is 6.15. The molecule has 1 atom stereocenters. The fourth-order valence-corrected chi connectivity index (χ4v) is 1.23. The molecule has 0 aliphatic carbocycles. The highest BCUT2D eigenvalue weighted by atomic mass is 16.3. The van der Waals surface area contributed by atoms with Crippen molar-refractivity contribution in [2.24, 2.45) is 0 Å². The zero-order valence-electron chi connectivity index (χ0n) is 6.15. The average Bonchev–Trinajstić information content (AvgIpc) is 2.34. The Hall–Kier alpha value is -1.04. The molecule has 0 radical (unpaired) electrons. The van der Waals surface area contributed by atoms with Crippen molar-refractivity contribution in [3.8, 4) is 0 Å². The summed E-state index contributed by atoms with van der Waals surface area (Å²) in [6.07, 6.45) is 5.17. The second-order valence-corrected chi connectivity index (χ2v) is 2.55. The Morgan fingerprint density at radius 1 is 1.55 bits per heavy atom. The van der Waals surface area contributed by atoms with Crippen molar-refractivity contribution in [1.82, 2.24) is 21.1 Å². The van der Waals surface area contributed by atoms with Gasteiger partial charge in [0, 0.05) is 13.2 Å². The minimum absolute atomic E-state index is 0.125. The lowest BCUT2D eigenvalue weighted by Crippen LogP contribution is -2.39. The summed E-state index contributed by atoms with van der Waals surface area (Å²) < 4.78 is 0. The molecule has 0 aromatic heterocycles. The number of hydrazine groups is 3. The number of allylic oxidation sites excluding steroid dienone is 2. The number of hydrogen-bond donors (Lipinski definition) is 3. The van der Waals surface area contributed by atoms with E-state index in [1.54, 1.807) is 22.2 Å². The summed E-state index contributed by atoms with van der Waals surface area (Å²) in [6.45, 7) is 0. The molecule has 5 heteroatoms. The van der Waals surface area contributed by atoms with Crippen LogP contribution in [-0.2, 0) is 0 Å². The molecular weight excluding hydrogens is 144 g/mol. The van der Waals surface area contributed by atoms with Crippen LogP contribution in [0.5, 0.6) is 0 Å². The van der Waals surface area contributed by atoms with Crippen molar-refractivity contribution in [3.63, 3.8) is 0 Å². The van der Waals surface area contributed by atoms with Gasteiger partial charge in [-0.25, -0.2) is 5.01 Å². The highest BCUT2D eigenvalue weighted by molar-refractivity contribution is 5.17. The average molecular weight is 154 g/mol. The molecule has 0 aromatic rings. The topological polar surface area (TPSA) is 50.8 Å². The fourth-order valence-electron chi connectivity index (χ4n) is 1.23. The van der Waals surface area contributed by atoms with Gasteiger partial charge in [-0.15, -0.1) is 0 Å². The van der Waals surface area contributed by atoms with Gasteiger partial charge in [-0.2, -0.15) is 11.1 Å². The number of rotatable bonds is 0. The smallest absolute Gasteiger partial charge is 0.169 e. The number of aliphatic hydroxyl groups excluding tert-OH is 1. The first-order valence-electron chi connectivity index (χ1n) is 3.39. The van der Waals surface area contributed by atoms with Gasteiger partial charge in [0.25, 0.3) is 0 Å². The fraction of sp³-hybridized carbons (Fsp3) is 0.333. The summed E-state index contributed by atoms with van der Waals surface area (Å²) in [5.41, 5.74) is 5.71. The number of likely N-dealkylation sites (N-methyl/N-ethyl adjacent to an activating group) is 1. The maximum Gasteiger partial charge on any atom is 0.169 e. The van der Waals surface area contributed by atoms with E-state index in [1.807, 2.05) is 13.2 Å². The Morgan fingerprint density at radius 2 is 2.36 bits per heavy atom. The number of aliphatic hydroxyl groups is 1. The van der Waals surface area contributed by atoms with E-state index in [2.05, 4.69) is 11.1 Å². The predicted octanol–water partition coefficient (Wildman–Crippen LogP) is -0.547. The standard InChI is InChI=1S/C6H10N4O/c1-9-6-5(11)3-2-4-10(6)8-7-9/h2-4,6-8,11H,1H3. The third kappa shape index (κ3) is 0.900. The van der Waals surface area contributed by atoms with Crippen molar-refractivity contribution in [3.05, 3.63) is 24.1 Å². The largest absolute Gasteiger partial charge is 0.509 e. The molecule has 60 valence electrons. The lowest BCUT2D eigenvalue weighted by atomic mass is 10.3. The second kappa shape index (κ2) is 2.23. The van der Waals surface area contributed by atoms with Crippen molar-refractivity contribution >= 4 is 0 Å². The van der Waals surface area contributed by atoms with Crippen LogP contribution < -0.4 is 11.1 Å². The van der Waals surface area contributed by atoms with Crippen molar-refractivity contribution in [2.45, 2.75) is 6.17 Å². The molecule has 11 heavy (non-hydrogen) atoms. The molecule has 0 aromatic carbocycles. The van der Waals surface area contributed by atoms with Gasteiger partial charge < -0.3 is 5.11 Å². The molecule has 2 heterocycles. The molecule has 3 N–H and O–H groups in total. The van der Waals surface area contributed by atoms with Gasteiger partial charge in [0.1, 0.15) is 5.76 Å². The van der Waals surface area contributed by atoms with E-state index in [0.717, 1.165) is 0 Å². The maximum absolute atomic E-state index is 9.40. The third-order valence-electron chi connectivity index (χ3n) is 1.76. The van der Waals surface area contributed by atoms with Crippen LogP contribution in [0.2, 0.25) is 0 Å². The Kier molecular flexibility index (Phi) is 1.35. The molecule has 0 bridgehead atoms. The lowest BCUT2D eigenvalue weighted by molar-refractivity contribution is 0.150. The van der Waals surface area contributed by atoms with Gasteiger partial charge in [0.2, 0.25) is 0 Å². The van der Waals surface area contributed by atoms with Crippen LogP contribution in [-0.4, -0.2) is 28.3 Å². The summed E-state index contributed by atoms with van der Waals surface area (Å²) in [5, 5.41) is 12.9. The SMILES string of the molecule is CN1NNN2C=CC=C(O)C12. The van der Waals surface area contributed by atoms with E-state index < -0.39 is 0 Å². The van der Waals surface area contributed by atoms with Gasteiger partial charge in [0.05, 0.1) is 0 Å². The Labute approximate surface area is 64.5 Å². The Balaban J connectivity index is 2.26. The van der Waals surface area contributed by atoms with Gasteiger partial charge in [-0.1, -0.05) is 0 Å². The normalized spacial score (nSPS) is 30.5. The first-order chi connectivity index (χ1) is 5.29. The van der Waals surface area contributed by atoms with E-state index in [4.69, 9.17) is 0 Å². The van der Waals surface area contributed by atoms with Crippen molar-refractivity contribution in [1.29, 1.82) is 0 Å². The molecular formula is C6H10N4O. The first-order valence-corrected chi connectivity index (χ1v) is 3.39. The predicted molar refractivity (Wildman–Crippen MR) is 39.5 cm³/mol. The summed E-state index contributed by atoms with van der Waals surface area (Å²) in [5.74, 6) is 0.326. The summed E-state index contributed by atoms with van der Waals surface area (Å²) >= 11 is 0. The minimum atomic E-state index is -0.125. The second-order valence-electron chi connectivity index (χ2n) is 2.55. The first kappa shape index (κ1) is 6.66. The molecule has 2 rings (SSSR count). The lowest BCUT2D eigenvalue weighted by Gasteiger charge is -2.24. The Morgan fingerprint density at radius 3 is 3.09 bits per heavy atom. The van der Waals surface area contributed by atoms with Crippen LogP contribution >= 0.6 is 0 Å². The van der Waals surface area contributed by atoms with Gasteiger partial charge >= 0.3 is 0 Å². The number of hydrogen-bond acceptors (Lipinski definition) is 5. The van der Waals surface area contributed by atoms with E-state index in [9.17, 15) is 5.11 Å². The van der Waals surface area contributed by atoms with Crippen LogP contribution in [0.1, 0.15) is 0 Å². The maximum atomic E-state index is 9.40. The minimum Gasteiger partial charge on any atom is -0.509 e. The van der Waals surface area contributed by atoms with Crippen LogP contribution in [0, 0.1) is 0 Å². The Bertz CT molecular complexity index is 225. The van der Waals surface area contributed by atoms with E-state index in [1.165, 1.54) is 0 Å². The molecule has 0 spiro atoms. The zero-order chi connectivity index (χ0) is 7.84. The summed E-state index contributed by atoms with van der Waals surface area (Å²) in [4.78, 5) is 0. The van der Waals surface area contributed by atoms with Crippen molar-refractivity contribution < 1.29 is 5.11 Å². The molecule has 2 aliphatic rings. The molecule has 0 amide bonds. The molecule has 1 fully saturated rings. The van der Waals surface area contributed by atoms with E-state index in [0.29, 0.717) is 5.76 Å². The molecule has 1 saturated heterocycles. The summed E-state index contributed by atoms with van der Waals surface area (Å²) in [6, 6.07) is 0.